The quantitative estimate of drug-likeness (QED) is 0.396. The molecule has 0 saturated carbocycles. The molecule has 8 heteroatoms. The highest BCUT2D eigenvalue weighted by Crippen LogP contribution is 2.31. The Morgan fingerprint density at radius 2 is 1.90 bits per heavy atom. The molecular formula is C23H21N5O2S. The van der Waals surface area contributed by atoms with Crippen LogP contribution in [0.25, 0.3) is 22.4 Å². The molecule has 0 bridgehead atoms. The van der Waals surface area contributed by atoms with Crippen LogP contribution in [-0.4, -0.2) is 38.8 Å². The summed E-state index contributed by atoms with van der Waals surface area (Å²) in [6.45, 7) is 0.710. The molecule has 2 heterocycles. The molecule has 156 valence electrons. The van der Waals surface area contributed by atoms with Crippen molar-refractivity contribution in [3.63, 3.8) is 0 Å². The van der Waals surface area contributed by atoms with E-state index in [2.05, 4.69) is 37.7 Å². The largest absolute Gasteiger partial charge is 0.504 e. The molecule has 3 N–H and O–H groups in total. The van der Waals surface area contributed by atoms with Crippen LogP contribution in [0.4, 0.5) is 5.82 Å². The van der Waals surface area contributed by atoms with Crippen molar-refractivity contribution in [3.8, 4) is 22.8 Å². The molecular weight excluding hydrogens is 410 g/mol. The maximum absolute atomic E-state index is 9.81. The smallest absolute Gasteiger partial charge is 0.180 e. The minimum Gasteiger partial charge on any atom is -0.504 e. The van der Waals surface area contributed by atoms with E-state index in [1.807, 2.05) is 30.3 Å². The molecule has 0 aliphatic carbocycles. The van der Waals surface area contributed by atoms with Gasteiger partial charge in [0.25, 0.3) is 0 Å². The monoisotopic (exact) mass is 431 g/mol. The van der Waals surface area contributed by atoms with Gasteiger partial charge in [-0.3, -0.25) is 0 Å². The van der Waals surface area contributed by atoms with Gasteiger partial charge in [-0.05, 0) is 54.5 Å². The predicted octanol–water partition coefficient (Wildman–Crippen LogP) is 3.94. The number of thiocarbonyl (C=S) groups is 1. The summed E-state index contributed by atoms with van der Waals surface area (Å²) in [4.78, 5) is 13.5. The summed E-state index contributed by atoms with van der Waals surface area (Å²) in [5, 5.41) is 16.5. The standard InChI is InChI=1S/C23H21N5O2S/c1-30-20-13-16(7-10-19(20)29)17-8-9-18-22(26-17)27-21(14-25-18)28-23(31)24-12-11-15-5-3-2-4-6-15/h2-10,13-14,29H,11-12H2,1H3,(H2,24,26,27,28,31). The number of rotatable bonds is 6. The lowest BCUT2D eigenvalue weighted by Crippen LogP contribution is -2.30. The summed E-state index contributed by atoms with van der Waals surface area (Å²) in [7, 11) is 1.51. The fourth-order valence-corrected chi connectivity index (χ4v) is 3.29. The molecule has 0 spiro atoms. The number of hydrogen-bond donors (Lipinski definition) is 3. The summed E-state index contributed by atoms with van der Waals surface area (Å²) in [5.74, 6) is 0.970. The van der Waals surface area contributed by atoms with E-state index in [0.717, 1.165) is 12.0 Å². The molecule has 0 radical (unpaired) electrons. The van der Waals surface area contributed by atoms with Gasteiger partial charge < -0.3 is 20.5 Å². The van der Waals surface area contributed by atoms with Gasteiger partial charge >= 0.3 is 0 Å². The van der Waals surface area contributed by atoms with Gasteiger partial charge in [0.05, 0.1) is 19.0 Å². The van der Waals surface area contributed by atoms with Crippen molar-refractivity contribution in [2.24, 2.45) is 0 Å². The van der Waals surface area contributed by atoms with E-state index in [1.165, 1.54) is 12.7 Å². The SMILES string of the molecule is COc1cc(-c2ccc3ncc(NC(=S)NCCc4ccccc4)nc3n2)ccc1O. The first-order valence-electron chi connectivity index (χ1n) is 9.72. The number of hydrogen-bond acceptors (Lipinski definition) is 6. The molecule has 0 fully saturated rings. The Morgan fingerprint density at radius 3 is 2.71 bits per heavy atom. The molecule has 2 aromatic carbocycles. The van der Waals surface area contributed by atoms with Crippen LogP contribution in [0.2, 0.25) is 0 Å². The number of aromatic hydroxyl groups is 1. The van der Waals surface area contributed by atoms with Crippen molar-refractivity contribution in [3.05, 3.63) is 72.4 Å². The third-order valence-electron chi connectivity index (χ3n) is 4.67. The first kappa shape index (κ1) is 20.5. The van der Waals surface area contributed by atoms with Crippen LogP contribution in [0.5, 0.6) is 11.5 Å². The summed E-state index contributed by atoms with van der Waals surface area (Å²) < 4.78 is 5.18. The fourth-order valence-electron chi connectivity index (χ4n) is 3.08. The Morgan fingerprint density at radius 1 is 1.06 bits per heavy atom. The van der Waals surface area contributed by atoms with Gasteiger partial charge in [0.2, 0.25) is 0 Å². The first-order valence-corrected chi connectivity index (χ1v) is 10.1. The normalized spacial score (nSPS) is 10.6. The minimum absolute atomic E-state index is 0.0755. The zero-order chi connectivity index (χ0) is 21.6. The number of nitrogens with zero attached hydrogens (tertiary/aromatic N) is 3. The van der Waals surface area contributed by atoms with E-state index in [0.29, 0.717) is 40.1 Å². The van der Waals surface area contributed by atoms with Crippen molar-refractivity contribution >= 4 is 34.3 Å². The number of nitrogens with one attached hydrogen (secondary N) is 2. The van der Waals surface area contributed by atoms with Crippen LogP contribution >= 0.6 is 12.2 Å². The van der Waals surface area contributed by atoms with E-state index in [4.69, 9.17) is 17.0 Å². The zero-order valence-electron chi connectivity index (χ0n) is 16.9. The number of methoxy groups -OCH3 is 1. The molecule has 0 aliphatic heterocycles. The second kappa shape index (κ2) is 9.36. The highest BCUT2D eigenvalue weighted by atomic mass is 32.1. The predicted molar refractivity (Wildman–Crippen MR) is 125 cm³/mol. The number of benzene rings is 2. The highest BCUT2D eigenvalue weighted by Gasteiger charge is 2.09. The molecule has 7 nitrogen and oxygen atoms in total. The van der Waals surface area contributed by atoms with Crippen molar-refractivity contribution in [2.75, 3.05) is 19.0 Å². The Kier molecular flexibility index (Phi) is 6.18. The lowest BCUT2D eigenvalue weighted by atomic mass is 10.1. The minimum atomic E-state index is 0.0755. The van der Waals surface area contributed by atoms with Gasteiger partial charge in [0.15, 0.2) is 28.1 Å². The van der Waals surface area contributed by atoms with E-state index in [9.17, 15) is 5.11 Å². The number of phenolic OH excluding ortho intramolecular Hbond substituents is 1. The van der Waals surface area contributed by atoms with Crippen LogP contribution < -0.4 is 15.4 Å². The first-order chi connectivity index (χ1) is 15.1. The maximum atomic E-state index is 9.81. The van der Waals surface area contributed by atoms with E-state index in [1.54, 1.807) is 24.4 Å². The van der Waals surface area contributed by atoms with Crippen LogP contribution in [-0.2, 0) is 6.42 Å². The molecule has 0 aliphatic rings. The molecule has 0 saturated heterocycles. The molecule has 4 aromatic rings. The summed E-state index contributed by atoms with van der Waals surface area (Å²) >= 11 is 5.37. The number of ether oxygens (including phenoxy) is 1. The number of phenols is 1. The van der Waals surface area contributed by atoms with Crippen LogP contribution in [0.15, 0.2) is 66.9 Å². The van der Waals surface area contributed by atoms with Gasteiger partial charge in [0, 0.05) is 12.1 Å². The molecule has 0 unspecified atom stereocenters. The Hall–Kier alpha value is -3.78. The lowest BCUT2D eigenvalue weighted by molar-refractivity contribution is 0.373. The van der Waals surface area contributed by atoms with Gasteiger partial charge in [-0.1, -0.05) is 30.3 Å². The van der Waals surface area contributed by atoms with Gasteiger partial charge in [-0.15, -0.1) is 0 Å². The third-order valence-corrected chi connectivity index (χ3v) is 4.91. The summed E-state index contributed by atoms with van der Waals surface area (Å²) in [5.41, 5.74) is 3.89. The van der Waals surface area contributed by atoms with Gasteiger partial charge in [-0.2, -0.15) is 0 Å². The van der Waals surface area contributed by atoms with Crippen LogP contribution in [0, 0.1) is 0 Å². The Labute approximate surface area is 185 Å². The number of pyridine rings is 1. The second-order valence-corrected chi connectivity index (χ2v) is 7.21. The average molecular weight is 432 g/mol. The van der Waals surface area contributed by atoms with Gasteiger partial charge in [0.1, 0.15) is 5.52 Å². The number of anilines is 1. The topological polar surface area (TPSA) is 92.2 Å². The van der Waals surface area contributed by atoms with E-state index < -0.39 is 0 Å². The number of fused-ring (bicyclic) bond motifs is 1. The fraction of sp³-hybridized carbons (Fsp3) is 0.130. The molecule has 0 amide bonds. The Balaban J connectivity index is 1.46. The lowest BCUT2D eigenvalue weighted by Gasteiger charge is -2.10. The van der Waals surface area contributed by atoms with Crippen LogP contribution in [0.3, 0.4) is 0 Å². The van der Waals surface area contributed by atoms with Crippen molar-refractivity contribution in [2.45, 2.75) is 6.42 Å². The summed E-state index contributed by atoms with van der Waals surface area (Å²) in [6, 6.07) is 19.0. The Bertz CT molecular complexity index is 1220. The summed E-state index contributed by atoms with van der Waals surface area (Å²) in [6.07, 6.45) is 2.49. The van der Waals surface area contributed by atoms with E-state index >= 15 is 0 Å². The molecule has 2 aromatic heterocycles. The van der Waals surface area contributed by atoms with Crippen LogP contribution in [0.1, 0.15) is 5.56 Å². The van der Waals surface area contributed by atoms with Crippen molar-refractivity contribution < 1.29 is 9.84 Å². The highest BCUT2D eigenvalue weighted by molar-refractivity contribution is 7.80. The van der Waals surface area contributed by atoms with Crippen molar-refractivity contribution in [1.29, 1.82) is 0 Å². The molecule has 0 atom stereocenters. The average Bonchev–Trinajstić information content (AvgIpc) is 2.79. The molecule has 4 rings (SSSR count). The maximum Gasteiger partial charge on any atom is 0.180 e. The third kappa shape index (κ3) is 5.04. The van der Waals surface area contributed by atoms with Gasteiger partial charge in [-0.25, -0.2) is 15.0 Å². The number of aromatic nitrogens is 3. The van der Waals surface area contributed by atoms with E-state index in [-0.39, 0.29) is 5.75 Å². The second-order valence-electron chi connectivity index (χ2n) is 6.80. The zero-order valence-corrected chi connectivity index (χ0v) is 17.7. The van der Waals surface area contributed by atoms with Crippen molar-refractivity contribution in [1.82, 2.24) is 20.3 Å². The molecule has 31 heavy (non-hydrogen) atoms.